The third-order valence-electron chi connectivity index (χ3n) is 7.54. The smallest absolute Gasteiger partial charge is 0.332 e. The van der Waals surface area contributed by atoms with Crippen LogP contribution in [-0.2, 0) is 19.8 Å². The van der Waals surface area contributed by atoms with Crippen LogP contribution in [0.3, 0.4) is 0 Å². The van der Waals surface area contributed by atoms with Gasteiger partial charge in [-0.2, -0.15) is 0 Å². The first-order chi connectivity index (χ1) is 18.2. The number of carbonyl (C=O) groups is 3. The molecule has 0 bridgehead atoms. The number of nitrogens with one attached hydrogen (secondary N) is 2. The Labute approximate surface area is 234 Å². The number of amides is 1. The third-order valence-corrected chi connectivity index (χ3v) is 8.12. The minimum absolute atomic E-state index is 0.0881. The van der Waals surface area contributed by atoms with Crippen molar-refractivity contribution in [1.82, 2.24) is 5.32 Å². The fourth-order valence-corrected chi connectivity index (χ4v) is 6.29. The lowest BCUT2D eigenvalue weighted by atomic mass is 9.62. The van der Waals surface area contributed by atoms with Gasteiger partial charge in [0.05, 0.1) is 16.1 Å². The van der Waals surface area contributed by atoms with Gasteiger partial charge in [-0.1, -0.05) is 50.0 Å². The maximum atomic E-state index is 14.9. The van der Waals surface area contributed by atoms with E-state index < -0.39 is 53.0 Å². The fourth-order valence-electron chi connectivity index (χ4n) is 5.94. The van der Waals surface area contributed by atoms with E-state index in [4.69, 9.17) is 28.3 Å². The van der Waals surface area contributed by atoms with Gasteiger partial charge in [0, 0.05) is 24.1 Å². The molecular weight excluding hydrogens is 553 g/mol. The lowest BCUT2D eigenvalue weighted by Gasteiger charge is -2.37. The van der Waals surface area contributed by atoms with Crippen molar-refractivity contribution >= 4 is 46.5 Å². The van der Waals surface area contributed by atoms with Crippen molar-refractivity contribution in [2.24, 2.45) is 5.41 Å². The highest BCUT2D eigenvalue weighted by Crippen LogP contribution is 2.57. The second-order valence-corrected chi connectivity index (χ2v) is 12.3. The number of anilines is 1. The Kier molecular flexibility index (Phi) is 8.11. The summed E-state index contributed by atoms with van der Waals surface area (Å²) < 4.78 is 29.1. The number of fused-ring (bicyclic) bond motifs is 2. The molecule has 4 N–H and O–H groups in total. The van der Waals surface area contributed by atoms with E-state index in [1.54, 1.807) is 0 Å². The summed E-state index contributed by atoms with van der Waals surface area (Å²) >= 11 is 12.2. The van der Waals surface area contributed by atoms with E-state index >= 15 is 0 Å². The molecule has 2 aromatic carbocycles. The number of halogens is 4. The van der Waals surface area contributed by atoms with Crippen LogP contribution in [0.25, 0.3) is 0 Å². The van der Waals surface area contributed by atoms with Gasteiger partial charge in [0.25, 0.3) is 0 Å². The first-order valence-electron chi connectivity index (χ1n) is 12.6. The minimum atomic E-state index is -1.61. The Hall–Kier alpha value is -2.59. The summed E-state index contributed by atoms with van der Waals surface area (Å²) in [5, 5.41) is 24.4. The van der Waals surface area contributed by atoms with Crippen LogP contribution in [0.5, 0.6) is 0 Å². The van der Waals surface area contributed by atoms with E-state index in [1.807, 2.05) is 20.8 Å². The number of carboxylic acids is 1. The monoisotopic (exact) mass is 582 g/mol. The molecule has 0 aromatic heterocycles. The van der Waals surface area contributed by atoms with Crippen molar-refractivity contribution in [3.8, 4) is 0 Å². The van der Waals surface area contributed by atoms with Gasteiger partial charge in [-0.3, -0.25) is 9.59 Å². The number of ketones is 1. The number of Topliss-reactive ketones (excluding diaryl/α,β-unsaturated/α-hetero) is 1. The molecule has 2 aromatic rings. The summed E-state index contributed by atoms with van der Waals surface area (Å²) in [6.07, 6.45) is -1.33. The lowest BCUT2D eigenvalue weighted by molar-refractivity contribution is -0.147. The van der Waals surface area contributed by atoms with E-state index in [-0.39, 0.29) is 40.5 Å². The summed E-state index contributed by atoms with van der Waals surface area (Å²) in [5.74, 6) is -4.49. The van der Waals surface area contributed by atoms with Gasteiger partial charge in [0.1, 0.15) is 22.8 Å². The maximum Gasteiger partial charge on any atom is 0.332 e. The molecule has 7 nitrogen and oxygen atoms in total. The van der Waals surface area contributed by atoms with Crippen LogP contribution in [0.1, 0.15) is 63.5 Å². The first-order valence-corrected chi connectivity index (χ1v) is 13.4. The van der Waals surface area contributed by atoms with Gasteiger partial charge in [-0.25, -0.2) is 13.6 Å². The number of aliphatic carboxylic acids is 1. The van der Waals surface area contributed by atoms with Gasteiger partial charge in [0.2, 0.25) is 5.91 Å². The van der Waals surface area contributed by atoms with Crippen LogP contribution in [0.15, 0.2) is 30.3 Å². The van der Waals surface area contributed by atoms with Crippen LogP contribution < -0.4 is 10.6 Å². The summed E-state index contributed by atoms with van der Waals surface area (Å²) in [6.45, 7) is 5.93. The van der Waals surface area contributed by atoms with Crippen molar-refractivity contribution in [3.05, 3.63) is 63.1 Å². The van der Waals surface area contributed by atoms with Crippen molar-refractivity contribution in [2.45, 2.75) is 76.0 Å². The Morgan fingerprint density at radius 2 is 1.77 bits per heavy atom. The molecule has 0 unspecified atom stereocenters. The minimum Gasteiger partial charge on any atom is -0.479 e. The number of carboxylic acid groups (broad SMARTS) is 1. The Morgan fingerprint density at radius 3 is 2.38 bits per heavy atom. The molecule has 1 amide bonds. The Balaban J connectivity index is 1.88. The summed E-state index contributed by atoms with van der Waals surface area (Å²) in [6, 6.07) is 4.91. The van der Waals surface area contributed by atoms with Gasteiger partial charge >= 0.3 is 5.97 Å². The molecule has 39 heavy (non-hydrogen) atoms. The standard InChI is InChI=1S/C28H30Cl2F2N2O5/c1-27(2,3)12-22-28(14-10-18(32)16(30)11-19(14)33-26(28)39)23(13-7-8-17(31)15(29)9-13)24(34-22)20(35)5-4-6-21(36)25(37)38/h7-11,21-24,34,36H,4-6,12H2,1-3H3,(H,33,39)(H,37,38)/t21-,22+,23-,24-,28-/m0/s1. The fraction of sp³-hybridized carbons (Fsp3) is 0.464. The zero-order valence-electron chi connectivity index (χ0n) is 21.7. The molecule has 4 rings (SSSR count). The van der Waals surface area contributed by atoms with E-state index in [1.165, 1.54) is 24.3 Å². The SMILES string of the molecule is CC(C)(C)C[C@H]1N[C@@H](C(=O)CCC[C@H](O)C(=O)O)[C@H](c2ccc(F)c(Cl)c2)[C@@]12C(=O)Nc1cc(Cl)c(F)cc12. The zero-order chi connectivity index (χ0) is 28.9. The third kappa shape index (κ3) is 5.42. The molecule has 5 atom stereocenters. The van der Waals surface area contributed by atoms with Crippen LogP contribution >= 0.6 is 23.2 Å². The number of aliphatic hydroxyl groups is 1. The van der Waals surface area contributed by atoms with Crippen molar-refractivity contribution < 1.29 is 33.4 Å². The number of aliphatic hydroxyl groups excluding tert-OH is 1. The molecule has 11 heteroatoms. The zero-order valence-corrected chi connectivity index (χ0v) is 23.2. The first kappa shape index (κ1) is 29.4. The van der Waals surface area contributed by atoms with Gasteiger partial charge in [-0.05, 0) is 60.1 Å². The normalized spacial score (nSPS) is 25.0. The molecule has 210 valence electrons. The predicted molar refractivity (Wildman–Crippen MR) is 143 cm³/mol. The molecule has 1 fully saturated rings. The molecule has 1 saturated heterocycles. The molecule has 2 aliphatic rings. The molecule has 0 aliphatic carbocycles. The van der Waals surface area contributed by atoms with Crippen molar-refractivity contribution in [2.75, 3.05) is 5.32 Å². The van der Waals surface area contributed by atoms with Crippen molar-refractivity contribution in [3.63, 3.8) is 0 Å². The van der Waals surface area contributed by atoms with Crippen LogP contribution in [0.2, 0.25) is 10.0 Å². The predicted octanol–water partition coefficient (Wildman–Crippen LogP) is 5.21. The van der Waals surface area contributed by atoms with Crippen molar-refractivity contribution in [1.29, 1.82) is 0 Å². The number of hydrogen-bond donors (Lipinski definition) is 4. The molecule has 0 radical (unpaired) electrons. The second-order valence-electron chi connectivity index (χ2n) is 11.5. The number of benzene rings is 2. The number of carbonyl (C=O) groups excluding carboxylic acids is 2. The van der Waals surface area contributed by atoms with E-state index in [2.05, 4.69) is 10.6 Å². The summed E-state index contributed by atoms with van der Waals surface area (Å²) in [7, 11) is 0. The highest BCUT2D eigenvalue weighted by Gasteiger charge is 2.65. The highest BCUT2D eigenvalue weighted by molar-refractivity contribution is 6.31. The highest BCUT2D eigenvalue weighted by atomic mass is 35.5. The van der Waals surface area contributed by atoms with E-state index in [9.17, 15) is 28.3 Å². The average Bonchev–Trinajstić information content (AvgIpc) is 3.30. The quantitative estimate of drug-likeness (QED) is 0.340. The van der Waals surface area contributed by atoms with Crippen LogP contribution in [0, 0.1) is 17.0 Å². The molecule has 2 aliphatic heterocycles. The molecule has 1 spiro atoms. The van der Waals surface area contributed by atoms with E-state index in [0.717, 1.165) is 6.07 Å². The topological polar surface area (TPSA) is 116 Å². The lowest BCUT2D eigenvalue weighted by Crippen LogP contribution is -2.49. The molecule has 0 saturated carbocycles. The van der Waals surface area contributed by atoms with E-state index in [0.29, 0.717) is 23.2 Å². The van der Waals surface area contributed by atoms with Gasteiger partial charge in [0.15, 0.2) is 6.10 Å². The Bertz CT molecular complexity index is 1330. The summed E-state index contributed by atoms with van der Waals surface area (Å²) in [4.78, 5) is 38.7. The Morgan fingerprint density at radius 1 is 1.10 bits per heavy atom. The number of rotatable bonds is 8. The average molecular weight is 583 g/mol. The second kappa shape index (κ2) is 10.8. The maximum absolute atomic E-state index is 14.9. The molecule has 2 heterocycles. The van der Waals surface area contributed by atoms with Crippen LogP contribution in [-0.4, -0.2) is 46.1 Å². The van der Waals surface area contributed by atoms with Crippen LogP contribution in [0.4, 0.5) is 14.5 Å². The van der Waals surface area contributed by atoms with Gasteiger partial charge < -0.3 is 20.8 Å². The largest absolute Gasteiger partial charge is 0.479 e. The number of hydrogen-bond acceptors (Lipinski definition) is 5. The van der Waals surface area contributed by atoms with Gasteiger partial charge in [-0.15, -0.1) is 0 Å². The molecular formula is C28H30Cl2F2N2O5. The summed E-state index contributed by atoms with van der Waals surface area (Å²) in [5.41, 5.74) is -0.739.